The Morgan fingerprint density at radius 1 is 1.41 bits per heavy atom. The van der Waals surface area contributed by atoms with Gasteiger partial charge in [0.25, 0.3) is 0 Å². The lowest BCUT2D eigenvalue weighted by Crippen LogP contribution is -2.15. The van der Waals surface area contributed by atoms with Crippen molar-refractivity contribution in [3.05, 3.63) is 30.1 Å². The summed E-state index contributed by atoms with van der Waals surface area (Å²) in [5.41, 5.74) is 1.23. The topological polar surface area (TPSA) is 39.2 Å². The molecule has 17 heavy (non-hydrogen) atoms. The quantitative estimate of drug-likeness (QED) is 0.538. The van der Waals surface area contributed by atoms with E-state index >= 15 is 0 Å². The van der Waals surface area contributed by atoms with E-state index in [0.29, 0.717) is 6.61 Å². The zero-order valence-corrected chi connectivity index (χ0v) is 10.7. The van der Waals surface area contributed by atoms with Gasteiger partial charge in [-0.05, 0) is 37.0 Å². The number of ether oxygens (including phenoxy) is 1. The molecule has 0 fully saturated rings. The molecule has 0 unspecified atom stereocenters. The molecule has 0 saturated heterocycles. The molecule has 0 bridgehead atoms. The van der Waals surface area contributed by atoms with Crippen LogP contribution < -0.4 is 0 Å². The molecule has 0 aromatic carbocycles. The second-order valence-corrected chi connectivity index (χ2v) is 4.32. The SMILES string of the molecule is CCC[C@H](C)C(=O)OCCCc1ccncc1. The van der Waals surface area contributed by atoms with Crippen molar-refractivity contribution in [2.24, 2.45) is 5.92 Å². The van der Waals surface area contributed by atoms with E-state index in [1.807, 2.05) is 19.1 Å². The number of esters is 1. The highest BCUT2D eigenvalue weighted by Crippen LogP contribution is 2.08. The third-order valence-electron chi connectivity index (χ3n) is 2.73. The molecule has 0 spiro atoms. The van der Waals surface area contributed by atoms with Gasteiger partial charge in [0.2, 0.25) is 0 Å². The molecule has 1 rings (SSSR count). The molecule has 3 heteroatoms. The van der Waals surface area contributed by atoms with E-state index in [1.165, 1.54) is 5.56 Å². The van der Waals surface area contributed by atoms with Gasteiger partial charge < -0.3 is 4.74 Å². The highest BCUT2D eigenvalue weighted by atomic mass is 16.5. The molecule has 1 heterocycles. The zero-order chi connectivity index (χ0) is 12.5. The summed E-state index contributed by atoms with van der Waals surface area (Å²) in [4.78, 5) is 15.5. The fraction of sp³-hybridized carbons (Fsp3) is 0.571. The first-order chi connectivity index (χ1) is 8.24. The third-order valence-corrected chi connectivity index (χ3v) is 2.73. The molecule has 0 radical (unpaired) electrons. The average molecular weight is 235 g/mol. The summed E-state index contributed by atoms with van der Waals surface area (Å²) in [6.07, 6.45) is 7.29. The molecule has 3 nitrogen and oxygen atoms in total. The van der Waals surface area contributed by atoms with Gasteiger partial charge in [0, 0.05) is 12.4 Å². The maximum absolute atomic E-state index is 11.5. The molecular formula is C14H21NO2. The monoisotopic (exact) mass is 235 g/mol. The Morgan fingerprint density at radius 3 is 2.76 bits per heavy atom. The van der Waals surface area contributed by atoms with Gasteiger partial charge in [-0.1, -0.05) is 20.3 Å². The average Bonchev–Trinajstić information content (AvgIpc) is 2.36. The summed E-state index contributed by atoms with van der Waals surface area (Å²) < 4.78 is 5.22. The number of carbonyl (C=O) groups excluding carboxylic acids is 1. The Morgan fingerprint density at radius 2 is 2.12 bits per heavy atom. The number of hydrogen-bond donors (Lipinski definition) is 0. The molecule has 0 saturated carbocycles. The number of nitrogens with zero attached hydrogens (tertiary/aromatic N) is 1. The molecule has 1 aromatic rings. The highest BCUT2D eigenvalue weighted by Gasteiger charge is 2.12. The summed E-state index contributed by atoms with van der Waals surface area (Å²) in [5.74, 6) is -0.0393. The number of hydrogen-bond acceptors (Lipinski definition) is 3. The molecule has 0 N–H and O–H groups in total. The van der Waals surface area contributed by atoms with Crippen molar-refractivity contribution >= 4 is 5.97 Å². The third kappa shape index (κ3) is 5.48. The van der Waals surface area contributed by atoms with Gasteiger partial charge in [0.1, 0.15) is 0 Å². The predicted octanol–water partition coefficient (Wildman–Crippen LogP) is 2.99. The van der Waals surface area contributed by atoms with Crippen LogP contribution in [0, 0.1) is 5.92 Å². The van der Waals surface area contributed by atoms with Gasteiger partial charge >= 0.3 is 5.97 Å². The van der Waals surface area contributed by atoms with Gasteiger partial charge in [-0.2, -0.15) is 0 Å². The maximum atomic E-state index is 11.5. The van der Waals surface area contributed by atoms with Gasteiger partial charge in [0.15, 0.2) is 0 Å². The predicted molar refractivity (Wildman–Crippen MR) is 67.6 cm³/mol. The molecule has 94 valence electrons. The first-order valence-electron chi connectivity index (χ1n) is 6.29. The lowest BCUT2D eigenvalue weighted by molar-refractivity contribution is -0.148. The van der Waals surface area contributed by atoms with Crippen molar-refractivity contribution in [3.8, 4) is 0 Å². The molecule has 0 aliphatic carbocycles. The lowest BCUT2D eigenvalue weighted by Gasteiger charge is -2.10. The first-order valence-corrected chi connectivity index (χ1v) is 6.29. The van der Waals surface area contributed by atoms with Crippen molar-refractivity contribution in [2.45, 2.75) is 39.5 Å². The number of aryl methyl sites for hydroxylation is 1. The van der Waals surface area contributed by atoms with E-state index in [-0.39, 0.29) is 11.9 Å². The summed E-state index contributed by atoms with van der Waals surface area (Å²) in [5, 5.41) is 0. The summed E-state index contributed by atoms with van der Waals surface area (Å²) in [7, 11) is 0. The van der Waals surface area contributed by atoms with Crippen LogP contribution in [0.2, 0.25) is 0 Å². The van der Waals surface area contributed by atoms with Crippen LogP contribution in [-0.2, 0) is 16.0 Å². The fourth-order valence-electron chi connectivity index (χ4n) is 1.69. The van der Waals surface area contributed by atoms with Crippen LogP contribution in [0.4, 0.5) is 0 Å². The van der Waals surface area contributed by atoms with E-state index in [1.54, 1.807) is 12.4 Å². The molecule has 0 aliphatic rings. The van der Waals surface area contributed by atoms with Crippen molar-refractivity contribution in [1.82, 2.24) is 4.98 Å². The van der Waals surface area contributed by atoms with Crippen molar-refractivity contribution in [1.29, 1.82) is 0 Å². The Hall–Kier alpha value is -1.38. The summed E-state index contributed by atoms with van der Waals surface area (Å²) in [6, 6.07) is 3.98. The van der Waals surface area contributed by atoms with E-state index < -0.39 is 0 Å². The fourth-order valence-corrected chi connectivity index (χ4v) is 1.69. The number of pyridine rings is 1. The molecular weight excluding hydrogens is 214 g/mol. The normalized spacial score (nSPS) is 12.1. The first kappa shape index (κ1) is 13.7. The van der Waals surface area contributed by atoms with E-state index in [9.17, 15) is 4.79 Å². The minimum Gasteiger partial charge on any atom is -0.465 e. The van der Waals surface area contributed by atoms with Crippen LogP contribution in [0.3, 0.4) is 0 Å². The van der Waals surface area contributed by atoms with E-state index in [0.717, 1.165) is 25.7 Å². The van der Waals surface area contributed by atoms with Crippen LogP contribution in [0.5, 0.6) is 0 Å². The number of carbonyl (C=O) groups is 1. The zero-order valence-electron chi connectivity index (χ0n) is 10.7. The molecule has 0 amide bonds. The van der Waals surface area contributed by atoms with Gasteiger partial charge in [-0.3, -0.25) is 9.78 Å². The van der Waals surface area contributed by atoms with Crippen molar-refractivity contribution in [2.75, 3.05) is 6.61 Å². The second-order valence-electron chi connectivity index (χ2n) is 4.32. The minimum absolute atomic E-state index is 0.0286. The van der Waals surface area contributed by atoms with Gasteiger partial charge in [-0.25, -0.2) is 0 Å². The van der Waals surface area contributed by atoms with Gasteiger partial charge in [0.05, 0.1) is 12.5 Å². The Kier molecular flexibility index (Phi) is 6.30. The second kappa shape index (κ2) is 7.82. The van der Waals surface area contributed by atoms with Crippen molar-refractivity contribution in [3.63, 3.8) is 0 Å². The molecule has 1 aromatic heterocycles. The maximum Gasteiger partial charge on any atom is 0.308 e. The Labute approximate surface area is 103 Å². The van der Waals surface area contributed by atoms with Crippen LogP contribution in [0.25, 0.3) is 0 Å². The van der Waals surface area contributed by atoms with Crippen molar-refractivity contribution < 1.29 is 9.53 Å². The Bertz CT molecular complexity index is 324. The van der Waals surface area contributed by atoms with Gasteiger partial charge in [-0.15, -0.1) is 0 Å². The highest BCUT2D eigenvalue weighted by molar-refractivity contribution is 5.71. The summed E-state index contributed by atoms with van der Waals surface area (Å²) in [6.45, 7) is 4.51. The summed E-state index contributed by atoms with van der Waals surface area (Å²) >= 11 is 0. The number of rotatable bonds is 7. The largest absolute Gasteiger partial charge is 0.465 e. The molecule has 1 atom stereocenters. The number of aromatic nitrogens is 1. The van der Waals surface area contributed by atoms with Crippen LogP contribution in [-0.4, -0.2) is 17.6 Å². The van der Waals surface area contributed by atoms with E-state index in [2.05, 4.69) is 11.9 Å². The standard InChI is InChI=1S/C14H21NO2/c1-3-5-12(2)14(16)17-11-4-6-13-7-9-15-10-8-13/h7-10,12H,3-6,11H2,1-2H3/t12-/m0/s1. The van der Waals surface area contributed by atoms with Crippen LogP contribution in [0.15, 0.2) is 24.5 Å². The lowest BCUT2D eigenvalue weighted by atomic mass is 10.1. The Balaban J connectivity index is 2.14. The van der Waals surface area contributed by atoms with E-state index in [4.69, 9.17) is 4.74 Å². The van der Waals surface area contributed by atoms with Crippen LogP contribution in [0.1, 0.15) is 38.7 Å². The minimum atomic E-state index is -0.0680. The van der Waals surface area contributed by atoms with Crippen LogP contribution >= 0.6 is 0 Å². The molecule has 0 aliphatic heterocycles. The smallest absolute Gasteiger partial charge is 0.308 e.